The minimum atomic E-state index is -0.261. The van der Waals surface area contributed by atoms with Gasteiger partial charge in [-0.25, -0.2) is 9.37 Å². The van der Waals surface area contributed by atoms with Crippen LogP contribution in [0.1, 0.15) is 16.3 Å². The summed E-state index contributed by atoms with van der Waals surface area (Å²) < 4.78 is 18.7. The zero-order valence-electron chi connectivity index (χ0n) is 9.24. The highest BCUT2D eigenvalue weighted by Crippen LogP contribution is 2.18. The Balaban J connectivity index is 1.99. The molecule has 17 heavy (non-hydrogen) atoms. The molecule has 2 rings (SSSR count). The van der Waals surface area contributed by atoms with Crippen molar-refractivity contribution in [3.05, 3.63) is 45.7 Å². The highest BCUT2D eigenvalue weighted by molar-refractivity contribution is 7.09. The molecule has 0 atom stereocenters. The Labute approximate surface area is 108 Å². The fraction of sp³-hybridized carbons (Fsp3) is 0.250. The van der Waals surface area contributed by atoms with E-state index in [0.717, 1.165) is 10.7 Å². The van der Waals surface area contributed by atoms with Crippen LogP contribution in [0.4, 0.5) is 4.39 Å². The molecule has 0 radical (unpaired) electrons. The van der Waals surface area contributed by atoms with Gasteiger partial charge in [-0.1, -0.05) is 6.07 Å². The van der Waals surface area contributed by atoms with Crippen LogP contribution in [0, 0.1) is 12.7 Å². The fourth-order valence-corrected chi connectivity index (χ4v) is 2.22. The molecule has 5 heteroatoms. The van der Waals surface area contributed by atoms with Crippen molar-refractivity contribution in [3.63, 3.8) is 0 Å². The Morgan fingerprint density at radius 2 is 2.29 bits per heavy atom. The number of thiazole rings is 1. The molecule has 0 aliphatic rings. The van der Waals surface area contributed by atoms with E-state index in [0.29, 0.717) is 23.8 Å². The van der Waals surface area contributed by atoms with E-state index >= 15 is 0 Å². The molecule has 0 N–H and O–H groups in total. The average Bonchev–Trinajstić information content (AvgIpc) is 2.79. The third-order valence-corrected chi connectivity index (χ3v) is 3.39. The summed E-state index contributed by atoms with van der Waals surface area (Å²) in [6.07, 6.45) is 0. The highest BCUT2D eigenvalue weighted by Gasteiger charge is 2.04. The van der Waals surface area contributed by atoms with Crippen LogP contribution in [0.25, 0.3) is 0 Å². The number of benzene rings is 1. The average molecular weight is 272 g/mol. The van der Waals surface area contributed by atoms with Gasteiger partial charge in [-0.05, 0) is 18.6 Å². The quantitative estimate of drug-likeness (QED) is 0.787. The van der Waals surface area contributed by atoms with Crippen LogP contribution in [0.3, 0.4) is 0 Å². The number of halogens is 2. The van der Waals surface area contributed by atoms with Crippen LogP contribution in [-0.4, -0.2) is 4.98 Å². The molecule has 1 heterocycles. The van der Waals surface area contributed by atoms with Gasteiger partial charge in [0.05, 0.1) is 11.6 Å². The molecular formula is C12H11ClFNOS. The van der Waals surface area contributed by atoms with Gasteiger partial charge in [0.15, 0.2) is 0 Å². The molecule has 0 aliphatic heterocycles. The van der Waals surface area contributed by atoms with Gasteiger partial charge in [0.1, 0.15) is 23.2 Å². The van der Waals surface area contributed by atoms with Crippen LogP contribution in [-0.2, 0) is 12.5 Å². The molecule has 0 spiro atoms. The summed E-state index contributed by atoms with van der Waals surface area (Å²) in [5.74, 6) is 0.647. The summed E-state index contributed by atoms with van der Waals surface area (Å²) in [5, 5.41) is 2.73. The van der Waals surface area contributed by atoms with E-state index < -0.39 is 0 Å². The first-order valence-electron chi connectivity index (χ1n) is 5.07. The lowest BCUT2D eigenvalue weighted by atomic mass is 10.2. The topological polar surface area (TPSA) is 22.1 Å². The summed E-state index contributed by atoms with van der Waals surface area (Å²) >= 11 is 7.14. The molecule has 0 fully saturated rings. The first-order chi connectivity index (χ1) is 8.19. The molecule has 2 aromatic rings. The molecule has 1 aromatic heterocycles. The SMILES string of the molecule is Cc1ccc(OCc2nc(CCl)cs2)cc1F. The number of hydrogen-bond donors (Lipinski definition) is 0. The molecule has 1 aromatic carbocycles. The Hall–Kier alpha value is -1.13. The number of nitrogens with zero attached hydrogens (tertiary/aromatic N) is 1. The van der Waals surface area contributed by atoms with Crippen molar-refractivity contribution in [1.29, 1.82) is 0 Å². The normalized spacial score (nSPS) is 10.5. The van der Waals surface area contributed by atoms with Crippen molar-refractivity contribution in [2.45, 2.75) is 19.4 Å². The lowest BCUT2D eigenvalue weighted by Crippen LogP contribution is -1.96. The molecule has 0 bridgehead atoms. The Kier molecular flexibility index (Phi) is 3.97. The molecule has 90 valence electrons. The van der Waals surface area contributed by atoms with Crippen LogP contribution >= 0.6 is 22.9 Å². The van der Waals surface area contributed by atoms with Crippen LogP contribution in [0.2, 0.25) is 0 Å². The minimum Gasteiger partial charge on any atom is -0.486 e. The predicted molar refractivity (Wildman–Crippen MR) is 67.1 cm³/mol. The second kappa shape index (κ2) is 5.47. The van der Waals surface area contributed by atoms with Crippen molar-refractivity contribution in [2.75, 3.05) is 0 Å². The third kappa shape index (κ3) is 3.17. The first-order valence-corrected chi connectivity index (χ1v) is 6.48. The molecule has 0 saturated heterocycles. The van der Waals surface area contributed by atoms with Gasteiger partial charge >= 0.3 is 0 Å². The van der Waals surface area contributed by atoms with E-state index in [1.807, 2.05) is 5.38 Å². The van der Waals surface area contributed by atoms with Gasteiger partial charge in [-0.3, -0.25) is 0 Å². The number of aryl methyl sites for hydroxylation is 1. The number of ether oxygens (including phenoxy) is 1. The molecule has 0 saturated carbocycles. The Morgan fingerprint density at radius 1 is 1.47 bits per heavy atom. The first kappa shape index (κ1) is 12.3. The predicted octanol–water partition coefficient (Wildman–Crippen LogP) is 3.91. The standard InChI is InChI=1S/C12H11ClFNOS/c1-8-2-3-10(4-11(8)14)16-6-12-15-9(5-13)7-17-12/h2-4,7H,5-6H2,1H3. The number of aromatic nitrogens is 1. The summed E-state index contributed by atoms with van der Waals surface area (Å²) in [4.78, 5) is 4.25. The van der Waals surface area contributed by atoms with E-state index in [9.17, 15) is 4.39 Å². The third-order valence-electron chi connectivity index (χ3n) is 2.24. The molecule has 0 aliphatic carbocycles. The van der Waals surface area contributed by atoms with E-state index in [4.69, 9.17) is 16.3 Å². The highest BCUT2D eigenvalue weighted by atomic mass is 35.5. The fourth-order valence-electron chi connectivity index (χ4n) is 1.29. The van der Waals surface area contributed by atoms with Crippen molar-refractivity contribution in [1.82, 2.24) is 4.98 Å². The number of hydrogen-bond acceptors (Lipinski definition) is 3. The van der Waals surface area contributed by atoms with Crippen molar-refractivity contribution >= 4 is 22.9 Å². The summed E-state index contributed by atoms with van der Waals surface area (Å²) in [6, 6.07) is 4.82. The van der Waals surface area contributed by atoms with Gasteiger partial charge in [0.2, 0.25) is 0 Å². The van der Waals surface area contributed by atoms with Gasteiger partial charge in [0.25, 0.3) is 0 Å². The van der Waals surface area contributed by atoms with Crippen molar-refractivity contribution < 1.29 is 9.13 Å². The van der Waals surface area contributed by atoms with Crippen LogP contribution in [0.5, 0.6) is 5.75 Å². The van der Waals surface area contributed by atoms with E-state index in [-0.39, 0.29) is 5.82 Å². The summed E-state index contributed by atoms with van der Waals surface area (Å²) in [6.45, 7) is 2.05. The van der Waals surface area contributed by atoms with Crippen LogP contribution < -0.4 is 4.74 Å². The monoisotopic (exact) mass is 271 g/mol. The maximum atomic E-state index is 13.3. The minimum absolute atomic E-state index is 0.261. The zero-order valence-corrected chi connectivity index (χ0v) is 10.8. The van der Waals surface area contributed by atoms with Crippen LogP contribution in [0.15, 0.2) is 23.6 Å². The summed E-state index contributed by atoms with van der Waals surface area (Å²) in [7, 11) is 0. The second-order valence-corrected chi connectivity index (χ2v) is 4.78. The molecule has 2 nitrogen and oxygen atoms in total. The molecular weight excluding hydrogens is 261 g/mol. The van der Waals surface area contributed by atoms with E-state index in [1.165, 1.54) is 17.4 Å². The van der Waals surface area contributed by atoms with Gasteiger partial charge in [-0.15, -0.1) is 22.9 Å². The maximum Gasteiger partial charge on any atom is 0.140 e. The molecule has 0 unspecified atom stereocenters. The van der Waals surface area contributed by atoms with E-state index in [1.54, 1.807) is 19.1 Å². The second-order valence-electron chi connectivity index (χ2n) is 3.57. The Bertz CT molecular complexity index is 515. The number of rotatable bonds is 4. The Morgan fingerprint density at radius 3 is 2.94 bits per heavy atom. The van der Waals surface area contributed by atoms with E-state index in [2.05, 4.69) is 4.98 Å². The number of alkyl halides is 1. The zero-order chi connectivity index (χ0) is 12.3. The summed E-state index contributed by atoms with van der Waals surface area (Å²) in [5.41, 5.74) is 1.45. The lowest BCUT2D eigenvalue weighted by molar-refractivity contribution is 0.303. The van der Waals surface area contributed by atoms with Gasteiger partial charge < -0.3 is 4.74 Å². The lowest BCUT2D eigenvalue weighted by Gasteiger charge is -2.04. The smallest absolute Gasteiger partial charge is 0.140 e. The largest absolute Gasteiger partial charge is 0.486 e. The van der Waals surface area contributed by atoms with Crippen molar-refractivity contribution in [3.8, 4) is 5.75 Å². The van der Waals surface area contributed by atoms with Gasteiger partial charge in [0, 0.05) is 11.4 Å². The maximum absolute atomic E-state index is 13.3. The van der Waals surface area contributed by atoms with Crippen molar-refractivity contribution in [2.24, 2.45) is 0 Å². The molecule has 0 amide bonds. The van der Waals surface area contributed by atoms with Gasteiger partial charge in [-0.2, -0.15) is 0 Å².